The van der Waals surface area contributed by atoms with Gasteiger partial charge in [0, 0.05) is 13.1 Å². The lowest BCUT2D eigenvalue weighted by Gasteiger charge is -2.19. The van der Waals surface area contributed by atoms with Crippen LogP contribution in [0.3, 0.4) is 0 Å². The van der Waals surface area contributed by atoms with E-state index >= 15 is 0 Å². The van der Waals surface area contributed by atoms with E-state index in [-0.39, 0.29) is 11.9 Å². The second-order valence-electron chi connectivity index (χ2n) is 3.98. The Labute approximate surface area is 89.9 Å². The monoisotopic (exact) mass is 204 g/mol. The minimum atomic E-state index is -0.348. The van der Waals surface area contributed by atoms with Gasteiger partial charge in [-0.15, -0.1) is 0 Å². The fraction of sp³-hybridized carbons (Fsp3) is 0.417. The number of hydrogen-bond donors (Lipinski definition) is 1. The Morgan fingerprint density at radius 1 is 1.40 bits per heavy atom. The number of nitrogens with zero attached hydrogens (tertiary/aromatic N) is 1. The molecule has 1 heterocycles. The highest BCUT2D eigenvalue weighted by atomic mass is 16.2. The molecule has 15 heavy (non-hydrogen) atoms. The minimum Gasteiger partial charge on any atom is -0.333 e. The van der Waals surface area contributed by atoms with Crippen LogP contribution in [0.25, 0.3) is 0 Å². The number of carbonyl (C=O) groups excluding carboxylic acids is 1. The van der Waals surface area contributed by atoms with E-state index in [0.717, 1.165) is 0 Å². The summed E-state index contributed by atoms with van der Waals surface area (Å²) in [6.07, 6.45) is 0.700. The highest BCUT2D eigenvalue weighted by molar-refractivity contribution is 5.82. The summed E-state index contributed by atoms with van der Waals surface area (Å²) in [4.78, 5) is 13.7. The van der Waals surface area contributed by atoms with Crippen LogP contribution in [0.5, 0.6) is 0 Å². The molecule has 1 aliphatic rings. The van der Waals surface area contributed by atoms with Gasteiger partial charge in [-0.3, -0.25) is 4.79 Å². The third-order valence-corrected chi connectivity index (χ3v) is 2.91. The van der Waals surface area contributed by atoms with Crippen molar-refractivity contribution < 1.29 is 4.79 Å². The summed E-state index contributed by atoms with van der Waals surface area (Å²) >= 11 is 0. The maximum absolute atomic E-state index is 11.8. The van der Waals surface area contributed by atoms with Gasteiger partial charge in [0.2, 0.25) is 5.91 Å². The number of hydrogen-bond acceptors (Lipinski definition) is 2. The van der Waals surface area contributed by atoms with Gasteiger partial charge in [0.1, 0.15) is 0 Å². The lowest BCUT2D eigenvalue weighted by atomic mass is 10.1. The zero-order valence-electron chi connectivity index (χ0n) is 8.94. The third kappa shape index (κ3) is 1.88. The number of amides is 1. The average molecular weight is 204 g/mol. The van der Waals surface area contributed by atoms with Crippen LogP contribution in [-0.4, -0.2) is 16.8 Å². The molecule has 0 radical (unpaired) electrons. The highest BCUT2D eigenvalue weighted by Gasteiger charge is 2.25. The Kier molecular flexibility index (Phi) is 2.73. The van der Waals surface area contributed by atoms with Crippen molar-refractivity contribution >= 4 is 5.91 Å². The number of carbonyl (C=O) groups is 1. The van der Waals surface area contributed by atoms with Crippen molar-refractivity contribution in [2.24, 2.45) is 5.73 Å². The fourth-order valence-corrected chi connectivity index (χ4v) is 1.90. The van der Waals surface area contributed by atoms with Crippen LogP contribution >= 0.6 is 0 Å². The van der Waals surface area contributed by atoms with E-state index < -0.39 is 0 Å². The van der Waals surface area contributed by atoms with E-state index in [0.29, 0.717) is 19.5 Å². The third-order valence-electron chi connectivity index (χ3n) is 2.91. The first-order valence-electron chi connectivity index (χ1n) is 5.33. The summed E-state index contributed by atoms with van der Waals surface area (Å²) in [6, 6.07) is 7.80. The van der Waals surface area contributed by atoms with Crippen molar-refractivity contribution in [1.29, 1.82) is 0 Å². The molecule has 1 aromatic rings. The second kappa shape index (κ2) is 4.03. The second-order valence-corrected chi connectivity index (χ2v) is 3.98. The number of nitrogens with two attached hydrogens (primary N) is 1. The Morgan fingerprint density at radius 3 is 2.40 bits per heavy atom. The first kappa shape index (κ1) is 10.2. The van der Waals surface area contributed by atoms with Gasteiger partial charge < -0.3 is 10.6 Å². The molecule has 1 unspecified atom stereocenters. The predicted molar refractivity (Wildman–Crippen MR) is 59.0 cm³/mol. The molecule has 0 spiro atoms. The molecule has 0 saturated heterocycles. The van der Waals surface area contributed by atoms with Crippen LogP contribution in [0.2, 0.25) is 0 Å². The molecule has 0 fully saturated rings. The van der Waals surface area contributed by atoms with Gasteiger partial charge in [-0.25, -0.2) is 0 Å². The minimum absolute atomic E-state index is 0.0636. The van der Waals surface area contributed by atoms with Crippen LogP contribution in [-0.2, 0) is 17.9 Å². The first-order valence-corrected chi connectivity index (χ1v) is 5.33. The van der Waals surface area contributed by atoms with Gasteiger partial charge in [0.25, 0.3) is 0 Å². The van der Waals surface area contributed by atoms with Crippen molar-refractivity contribution in [3.63, 3.8) is 0 Å². The maximum Gasteiger partial charge on any atom is 0.240 e. The molecule has 0 bridgehead atoms. The quantitative estimate of drug-likeness (QED) is 0.788. The molecule has 0 aliphatic carbocycles. The normalized spacial score (nSPS) is 16.3. The molecular formula is C12H16N2O. The van der Waals surface area contributed by atoms with E-state index in [9.17, 15) is 4.79 Å². The predicted octanol–water partition coefficient (Wildman–Crippen LogP) is 1.27. The Morgan fingerprint density at radius 2 is 1.93 bits per heavy atom. The van der Waals surface area contributed by atoms with Crippen LogP contribution in [0.1, 0.15) is 24.5 Å². The summed E-state index contributed by atoms with van der Waals surface area (Å²) in [7, 11) is 0. The number of fused-ring (bicyclic) bond motifs is 1. The van der Waals surface area contributed by atoms with Gasteiger partial charge in [0.15, 0.2) is 0 Å². The zero-order valence-corrected chi connectivity index (χ0v) is 8.94. The number of rotatable bonds is 2. The Bertz CT molecular complexity index is 351. The SMILES string of the molecule is CCC(N)C(=O)N1Cc2ccccc2C1. The molecule has 1 aromatic carbocycles. The first-order chi connectivity index (χ1) is 7.22. The van der Waals surface area contributed by atoms with Gasteiger partial charge in [-0.05, 0) is 17.5 Å². The summed E-state index contributed by atoms with van der Waals surface area (Å²) in [6.45, 7) is 3.36. The maximum atomic E-state index is 11.8. The summed E-state index contributed by atoms with van der Waals surface area (Å²) < 4.78 is 0. The van der Waals surface area contributed by atoms with Gasteiger partial charge in [-0.2, -0.15) is 0 Å². The molecule has 80 valence electrons. The lowest BCUT2D eigenvalue weighted by molar-refractivity contribution is -0.133. The number of benzene rings is 1. The average Bonchev–Trinajstić information content (AvgIpc) is 2.70. The van der Waals surface area contributed by atoms with Crippen molar-refractivity contribution in [1.82, 2.24) is 4.90 Å². The smallest absolute Gasteiger partial charge is 0.240 e. The van der Waals surface area contributed by atoms with Crippen LogP contribution in [0.15, 0.2) is 24.3 Å². The van der Waals surface area contributed by atoms with Crippen LogP contribution in [0, 0.1) is 0 Å². The lowest BCUT2D eigenvalue weighted by Crippen LogP contribution is -2.40. The van der Waals surface area contributed by atoms with Crippen molar-refractivity contribution in [2.75, 3.05) is 0 Å². The van der Waals surface area contributed by atoms with Crippen molar-refractivity contribution in [3.05, 3.63) is 35.4 Å². The fourth-order valence-electron chi connectivity index (χ4n) is 1.90. The molecule has 1 atom stereocenters. The zero-order chi connectivity index (χ0) is 10.8. The molecular weight excluding hydrogens is 188 g/mol. The van der Waals surface area contributed by atoms with E-state index in [1.165, 1.54) is 11.1 Å². The molecule has 0 aromatic heterocycles. The summed E-state index contributed by atoms with van der Waals surface area (Å²) in [5.74, 6) is 0.0636. The van der Waals surface area contributed by atoms with E-state index in [4.69, 9.17) is 5.73 Å². The highest BCUT2D eigenvalue weighted by Crippen LogP contribution is 2.22. The topological polar surface area (TPSA) is 46.3 Å². The molecule has 3 heteroatoms. The van der Waals surface area contributed by atoms with E-state index in [1.54, 1.807) is 0 Å². The van der Waals surface area contributed by atoms with Gasteiger partial charge in [0.05, 0.1) is 6.04 Å². The standard InChI is InChI=1S/C12H16N2O/c1-2-11(13)12(15)14-7-9-5-3-4-6-10(9)8-14/h3-6,11H,2,7-8,13H2,1H3. The summed E-state index contributed by atoms with van der Waals surface area (Å²) in [5.41, 5.74) is 8.23. The molecule has 2 rings (SSSR count). The largest absolute Gasteiger partial charge is 0.333 e. The van der Waals surface area contributed by atoms with Crippen LogP contribution < -0.4 is 5.73 Å². The van der Waals surface area contributed by atoms with Crippen molar-refractivity contribution in [3.8, 4) is 0 Å². The van der Waals surface area contributed by atoms with Crippen LogP contribution in [0.4, 0.5) is 0 Å². The molecule has 0 saturated carbocycles. The molecule has 3 nitrogen and oxygen atoms in total. The Hall–Kier alpha value is -1.35. The summed E-state index contributed by atoms with van der Waals surface area (Å²) in [5, 5.41) is 0. The Balaban J connectivity index is 2.10. The molecule has 1 amide bonds. The van der Waals surface area contributed by atoms with E-state index in [1.807, 2.05) is 24.0 Å². The van der Waals surface area contributed by atoms with Crippen molar-refractivity contribution in [2.45, 2.75) is 32.5 Å². The van der Waals surface area contributed by atoms with E-state index in [2.05, 4.69) is 12.1 Å². The molecule has 1 aliphatic heterocycles. The van der Waals surface area contributed by atoms with Gasteiger partial charge in [-0.1, -0.05) is 31.2 Å². The van der Waals surface area contributed by atoms with Gasteiger partial charge >= 0.3 is 0 Å². The molecule has 2 N–H and O–H groups in total.